The van der Waals surface area contributed by atoms with Gasteiger partial charge in [-0.2, -0.15) is 0 Å². The minimum atomic E-state index is 0.646. The van der Waals surface area contributed by atoms with Crippen LogP contribution in [0.15, 0.2) is 29.8 Å². The quantitative estimate of drug-likeness (QED) is 0.942. The molecule has 2 fully saturated rings. The van der Waals surface area contributed by atoms with Crippen LogP contribution in [0.5, 0.6) is 0 Å². The third-order valence-corrected chi connectivity index (χ3v) is 5.50. The molecule has 0 spiro atoms. The molecule has 2 saturated heterocycles. The molecule has 0 aromatic carbocycles. The smallest absolute Gasteiger partial charge is 0.142 e. The Morgan fingerprint density at radius 1 is 1.29 bits per heavy atom. The number of aromatic nitrogens is 2. The number of hydrogen-bond donors (Lipinski definition) is 1. The van der Waals surface area contributed by atoms with E-state index in [1.54, 1.807) is 11.3 Å². The van der Waals surface area contributed by atoms with E-state index < -0.39 is 0 Å². The number of nitrogens with zero attached hydrogens (tertiary/aromatic N) is 3. The van der Waals surface area contributed by atoms with Crippen molar-refractivity contribution in [3.05, 3.63) is 35.5 Å². The van der Waals surface area contributed by atoms with E-state index in [-0.39, 0.29) is 0 Å². The maximum Gasteiger partial charge on any atom is 0.142 e. The van der Waals surface area contributed by atoms with E-state index >= 15 is 0 Å². The third kappa shape index (κ3) is 2.73. The molecule has 2 atom stereocenters. The van der Waals surface area contributed by atoms with E-state index in [1.165, 1.54) is 32.4 Å². The molecule has 21 heavy (non-hydrogen) atoms. The van der Waals surface area contributed by atoms with Gasteiger partial charge in [-0.05, 0) is 37.9 Å². The number of thiazole rings is 1. The second-order valence-corrected chi connectivity index (χ2v) is 6.74. The first-order valence-corrected chi connectivity index (χ1v) is 8.61. The average Bonchev–Trinajstić information content (AvgIpc) is 3.23. The van der Waals surface area contributed by atoms with Crippen molar-refractivity contribution in [3.8, 4) is 10.7 Å². The Morgan fingerprint density at radius 3 is 3.19 bits per heavy atom. The van der Waals surface area contributed by atoms with E-state index in [2.05, 4.69) is 20.6 Å². The van der Waals surface area contributed by atoms with Gasteiger partial charge in [0.25, 0.3) is 0 Å². The van der Waals surface area contributed by atoms with Gasteiger partial charge in [-0.25, -0.2) is 4.98 Å². The van der Waals surface area contributed by atoms with Crippen molar-refractivity contribution in [1.82, 2.24) is 20.2 Å². The summed E-state index contributed by atoms with van der Waals surface area (Å²) < 4.78 is 0. The SMILES string of the molecule is c1ccc(-c2nc(CNC3CCN4CCCC34)cs2)nc1. The molecular formula is C16H20N4S. The van der Waals surface area contributed by atoms with Gasteiger partial charge in [0.2, 0.25) is 0 Å². The molecule has 2 aromatic rings. The fourth-order valence-electron chi connectivity index (χ4n) is 3.55. The molecule has 0 radical (unpaired) electrons. The maximum absolute atomic E-state index is 4.71. The summed E-state index contributed by atoms with van der Waals surface area (Å²) in [5.74, 6) is 0. The van der Waals surface area contributed by atoms with Crippen LogP contribution in [0.3, 0.4) is 0 Å². The van der Waals surface area contributed by atoms with Gasteiger partial charge in [-0.1, -0.05) is 6.07 Å². The molecule has 4 rings (SSSR count). The standard InChI is InChI=1S/C16H20N4S/c1-2-7-17-14(4-1)16-19-12(11-21-16)10-18-13-6-9-20-8-3-5-15(13)20/h1-2,4,7,11,13,15,18H,3,5-6,8-10H2. The topological polar surface area (TPSA) is 41.1 Å². The van der Waals surface area contributed by atoms with E-state index in [0.29, 0.717) is 6.04 Å². The zero-order valence-electron chi connectivity index (χ0n) is 12.0. The van der Waals surface area contributed by atoms with Gasteiger partial charge in [0.1, 0.15) is 5.01 Å². The second-order valence-electron chi connectivity index (χ2n) is 5.88. The van der Waals surface area contributed by atoms with Crippen molar-refractivity contribution in [2.24, 2.45) is 0 Å². The summed E-state index contributed by atoms with van der Waals surface area (Å²) >= 11 is 1.68. The zero-order chi connectivity index (χ0) is 14.1. The van der Waals surface area contributed by atoms with Crippen LogP contribution in [0.1, 0.15) is 25.0 Å². The summed E-state index contributed by atoms with van der Waals surface area (Å²) in [6, 6.07) is 7.37. The Morgan fingerprint density at radius 2 is 2.29 bits per heavy atom. The summed E-state index contributed by atoms with van der Waals surface area (Å²) in [5, 5.41) is 6.88. The van der Waals surface area contributed by atoms with Crippen molar-refractivity contribution in [1.29, 1.82) is 0 Å². The van der Waals surface area contributed by atoms with E-state index in [0.717, 1.165) is 29.0 Å². The Kier molecular flexibility index (Phi) is 3.71. The van der Waals surface area contributed by atoms with Crippen LogP contribution in [0, 0.1) is 0 Å². The Bertz CT molecular complexity index is 597. The van der Waals surface area contributed by atoms with Gasteiger partial charge < -0.3 is 5.32 Å². The molecule has 4 nitrogen and oxygen atoms in total. The maximum atomic E-state index is 4.71. The molecule has 0 bridgehead atoms. The third-order valence-electron chi connectivity index (χ3n) is 4.59. The molecule has 0 amide bonds. The number of fused-ring (bicyclic) bond motifs is 1. The van der Waals surface area contributed by atoms with Crippen molar-refractivity contribution in [3.63, 3.8) is 0 Å². The number of rotatable bonds is 4. The van der Waals surface area contributed by atoms with Gasteiger partial charge in [0.15, 0.2) is 0 Å². The fraction of sp³-hybridized carbons (Fsp3) is 0.500. The Hall–Kier alpha value is -1.30. The van der Waals surface area contributed by atoms with E-state index in [4.69, 9.17) is 4.98 Å². The normalized spacial score (nSPS) is 25.3. The summed E-state index contributed by atoms with van der Waals surface area (Å²) in [6.45, 7) is 3.43. The lowest BCUT2D eigenvalue weighted by Gasteiger charge is -2.20. The van der Waals surface area contributed by atoms with Gasteiger partial charge in [0, 0.05) is 36.8 Å². The average molecular weight is 300 g/mol. The molecule has 0 saturated carbocycles. The first-order chi connectivity index (χ1) is 10.4. The minimum Gasteiger partial charge on any atom is -0.307 e. The zero-order valence-corrected chi connectivity index (χ0v) is 12.9. The van der Waals surface area contributed by atoms with Crippen molar-refractivity contribution < 1.29 is 0 Å². The monoisotopic (exact) mass is 300 g/mol. The van der Waals surface area contributed by atoms with Crippen molar-refractivity contribution in [2.75, 3.05) is 13.1 Å². The first-order valence-electron chi connectivity index (χ1n) is 7.73. The van der Waals surface area contributed by atoms with Crippen LogP contribution in [-0.4, -0.2) is 40.0 Å². The summed E-state index contributed by atoms with van der Waals surface area (Å²) in [6.07, 6.45) is 5.82. The molecule has 5 heteroatoms. The highest BCUT2D eigenvalue weighted by atomic mass is 32.1. The highest BCUT2D eigenvalue weighted by molar-refractivity contribution is 7.13. The lowest BCUT2D eigenvalue weighted by atomic mass is 10.1. The lowest BCUT2D eigenvalue weighted by Crippen LogP contribution is -2.38. The van der Waals surface area contributed by atoms with E-state index in [1.807, 2.05) is 24.4 Å². The molecule has 2 aliphatic rings. The van der Waals surface area contributed by atoms with Crippen LogP contribution in [0.2, 0.25) is 0 Å². The predicted octanol–water partition coefficient (Wildman–Crippen LogP) is 2.53. The fourth-order valence-corrected chi connectivity index (χ4v) is 4.35. The molecule has 1 N–H and O–H groups in total. The highest BCUT2D eigenvalue weighted by Crippen LogP contribution is 2.28. The number of nitrogens with one attached hydrogen (secondary N) is 1. The lowest BCUT2D eigenvalue weighted by molar-refractivity contribution is 0.298. The molecule has 110 valence electrons. The molecule has 0 aliphatic carbocycles. The number of hydrogen-bond acceptors (Lipinski definition) is 5. The largest absolute Gasteiger partial charge is 0.307 e. The molecule has 2 aliphatic heterocycles. The molecule has 4 heterocycles. The predicted molar refractivity (Wildman–Crippen MR) is 85.2 cm³/mol. The Labute approximate surface area is 129 Å². The molecule has 2 unspecified atom stereocenters. The minimum absolute atomic E-state index is 0.646. The molecular weight excluding hydrogens is 280 g/mol. The van der Waals surface area contributed by atoms with Gasteiger partial charge in [0.05, 0.1) is 11.4 Å². The van der Waals surface area contributed by atoms with Crippen LogP contribution in [-0.2, 0) is 6.54 Å². The second kappa shape index (κ2) is 5.83. The van der Waals surface area contributed by atoms with Crippen LogP contribution < -0.4 is 5.32 Å². The first kappa shape index (κ1) is 13.4. The van der Waals surface area contributed by atoms with Crippen LogP contribution >= 0.6 is 11.3 Å². The summed E-state index contributed by atoms with van der Waals surface area (Å²) in [5.41, 5.74) is 2.11. The Balaban J connectivity index is 1.39. The van der Waals surface area contributed by atoms with Gasteiger partial charge in [-0.3, -0.25) is 9.88 Å². The summed E-state index contributed by atoms with van der Waals surface area (Å²) in [7, 11) is 0. The van der Waals surface area contributed by atoms with Gasteiger partial charge >= 0.3 is 0 Å². The highest BCUT2D eigenvalue weighted by Gasteiger charge is 2.36. The van der Waals surface area contributed by atoms with E-state index in [9.17, 15) is 0 Å². The van der Waals surface area contributed by atoms with Crippen molar-refractivity contribution >= 4 is 11.3 Å². The number of pyridine rings is 1. The summed E-state index contributed by atoms with van der Waals surface area (Å²) in [4.78, 5) is 11.7. The van der Waals surface area contributed by atoms with Gasteiger partial charge in [-0.15, -0.1) is 11.3 Å². The van der Waals surface area contributed by atoms with Crippen LogP contribution in [0.4, 0.5) is 0 Å². The molecule has 2 aromatic heterocycles. The van der Waals surface area contributed by atoms with Crippen LogP contribution in [0.25, 0.3) is 10.7 Å². The van der Waals surface area contributed by atoms with Crippen molar-refractivity contribution in [2.45, 2.75) is 37.9 Å².